The third-order valence-corrected chi connectivity index (χ3v) is 6.84. The SMILES string of the molecule is CNC(CNC(=O)c1cccc([C@@H](OCCNC(=O)OC)c2cc(Cl)ccc2C)c1)C[C@H]1CCCOC1. The second-order valence-electron chi connectivity index (χ2n) is 9.31. The molecule has 202 valence electrons. The summed E-state index contributed by atoms with van der Waals surface area (Å²) in [5.41, 5.74) is 3.27. The first-order chi connectivity index (χ1) is 17.9. The van der Waals surface area contributed by atoms with E-state index in [1.165, 1.54) is 7.11 Å². The molecule has 1 heterocycles. The van der Waals surface area contributed by atoms with E-state index in [0.29, 0.717) is 23.0 Å². The van der Waals surface area contributed by atoms with Crippen LogP contribution in [0.25, 0.3) is 0 Å². The molecule has 2 aromatic rings. The van der Waals surface area contributed by atoms with Gasteiger partial charge in [-0.3, -0.25) is 4.79 Å². The van der Waals surface area contributed by atoms with E-state index < -0.39 is 12.2 Å². The van der Waals surface area contributed by atoms with Gasteiger partial charge in [0.05, 0.1) is 13.7 Å². The maximum absolute atomic E-state index is 13.1. The standard InChI is InChI=1S/C28H38ClN3O5/c1-19-9-10-23(29)16-25(19)26(37-13-11-31-28(34)35-3)21-7-4-8-22(15-21)27(33)32-17-24(30-2)14-20-6-5-12-36-18-20/h4,7-10,15-16,20,24,26,30H,5-6,11-14,17-18H2,1-3H3,(H,31,34)(H,32,33)/t20-,24?,26-/m1/s1. The normalized spacial score (nSPS) is 17.0. The minimum Gasteiger partial charge on any atom is -0.453 e. The van der Waals surface area contributed by atoms with Crippen molar-refractivity contribution in [3.8, 4) is 0 Å². The molecule has 1 aliphatic heterocycles. The van der Waals surface area contributed by atoms with Crippen molar-refractivity contribution in [2.24, 2.45) is 5.92 Å². The van der Waals surface area contributed by atoms with Gasteiger partial charge >= 0.3 is 6.09 Å². The summed E-state index contributed by atoms with van der Waals surface area (Å²) in [6.45, 7) is 4.67. The Hall–Kier alpha value is -2.65. The summed E-state index contributed by atoms with van der Waals surface area (Å²) in [7, 11) is 3.24. The Bertz CT molecular complexity index is 1030. The topological polar surface area (TPSA) is 97.9 Å². The number of carbonyl (C=O) groups is 2. The van der Waals surface area contributed by atoms with Gasteiger partial charge in [0.15, 0.2) is 0 Å². The van der Waals surface area contributed by atoms with Crippen LogP contribution >= 0.6 is 11.6 Å². The minimum atomic E-state index is -0.520. The number of aryl methyl sites for hydroxylation is 1. The zero-order valence-corrected chi connectivity index (χ0v) is 22.6. The molecule has 3 rings (SSSR count). The van der Waals surface area contributed by atoms with E-state index in [4.69, 9.17) is 21.1 Å². The lowest BCUT2D eigenvalue weighted by molar-refractivity contribution is 0.0478. The Morgan fingerprint density at radius 1 is 1.19 bits per heavy atom. The Balaban J connectivity index is 1.70. The summed E-state index contributed by atoms with van der Waals surface area (Å²) < 4.78 is 16.4. The van der Waals surface area contributed by atoms with Gasteiger partial charge in [-0.1, -0.05) is 29.8 Å². The van der Waals surface area contributed by atoms with E-state index in [1.807, 2.05) is 50.4 Å². The van der Waals surface area contributed by atoms with Crippen LogP contribution in [0.4, 0.5) is 4.79 Å². The zero-order chi connectivity index (χ0) is 26.6. The predicted octanol–water partition coefficient (Wildman–Crippen LogP) is 4.24. The predicted molar refractivity (Wildman–Crippen MR) is 144 cm³/mol. The van der Waals surface area contributed by atoms with E-state index in [2.05, 4.69) is 20.7 Å². The quantitative estimate of drug-likeness (QED) is 0.354. The van der Waals surface area contributed by atoms with Gasteiger partial charge in [-0.2, -0.15) is 0 Å². The number of likely N-dealkylation sites (N-methyl/N-ethyl adjacent to an activating group) is 1. The summed E-state index contributed by atoms with van der Waals surface area (Å²) in [6, 6.07) is 13.2. The monoisotopic (exact) mass is 531 g/mol. The van der Waals surface area contributed by atoms with E-state index in [-0.39, 0.29) is 25.1 Å². The highest BCUT2D eigenvalue weighted by Gasteiger charge is 2.21. The fourth-order valence-electron chi connectivity index (χ4n) is 4.52. The number of hydrogen-bond donors (Lipinski definition) is 3. The number of ether oxygens (including phenoxy) is 3. The Kier molecular flexibility index (Phi) is 11.7. The molecule has 2 amide bonds. The molecule has 3 atom stereocenters. The molecule has 37 heavy (non-hydrogen) atoms. The van der Waals surface area contributed by atoms with Gasteiger partial charge in [-0.25, -0.2) is 4.79 Å². The lowest BCUT2D eigenvalue weighted by Crippen LogP contribution is -2.41. The van der Waals surface area contributed by atoms with Crippen LogP contribution in [0.3, 0.4) is 0 Å². The molecular formula is C28H38ClN3O5. The first kappa shape index (κ1) is 28.9. The van der Waals surface area contributed by atoms with Crippen molar-refractivity contribution >= 4 is 23.6 Å². The van der Waals surface area contributed by atoms with Crippen LogP contribution in [0, 0.1) is 12.8 Å². The van der Waals surface area contributed by atoms with Gasteiger partial charge in [0.1, 0.15) is 6.10 Å². The largest absolute Gasteiger partial charge is 0.453 e. The van der Waals surface area contributed by atoms with Gasteiger partial charge in [0, 0.05) is 42.9 Å². The van der Waals surface area contributed by atoms with Gasteiger partial charge < -0.3 is 30.2 Å². The molecular weight excluding hydrogens is 494 g/mol. The van der Waals surface area contributed by atoms with Crippen LogP contribution in [0.15, 0.2) is 42.5 Å². The van der Waals surface area contributed by atoms with Crippen LogP contribution in [0.1, 0.15) is 52.4 Å². The lowest BCUT2D eigenvalue weighted by atomic mass is 9.94. The maximum atomic E-state index is 13.1. The molecule has 0 radical (unpaired) electrons. The molecule has 0 bridgehead atoms. The highest BCUT2D eigenvalue weighted by molar-refractivity contribution is 6.30. The van der Waals surface area contributed by atoms with Gasteiger partial charge in [0.25, 0.3) is 5.91 Å². The number of methoxy groups -OCH3 is 1. The summed E-state index contributed by atoms with van der Waals surface area (Å²) in [4.78, 5) is 24.5. The van der Waals surface area contributed by atoms with Crippen molar-refractivity contribution in [1.82, 2.24) is 16.0 Å². The lowest BCUT2D eigenvalue weighted by Gasteiger charge is -2.26. The summed E-state index contributed by atoms with van der Waals surface area (Å²) in [6.07, 6.45) is 2.22. The Morgan fingerprint density at radius 2 is 2.03 bits per heavy atom. The molecule has 1 fully saturated rings. The number of amides is 2. The molecule has 0 spiro atoms. The molecule has 9 heteroatoms. The third-order valence-electron chi connectivity index (χ3n) is 6.61. The second kappa shape index (κ2) is 14.9. The average molecular weight is 532 g/mol. The van der Waals surface area contributed by atoms with Crippen molar-refractivity contribution < 1.29 is 23.8 Å². The molecule has 0 saturated carbocycles. The summed E-state index contributed by atoms with van der Waals surface area (Å²) in [5.74, 6) is 0.370. The molecule has 3 N–H and O–H groups in total. The first-order valence-electron chi connectivity index (χ1n) is 12.7. The van der Waals surface area contributed by atoms with E-state index in [1.54, 1.807) is 6.07 Å². The third kappa shape index (κ3) is 9.00. The highest BCUT2D eigenvalue weighted by atomic mass is 35.5. The Morgan fingerprint density at radius 3 is 2.76 bits per heavy atom. The molecule has 8 nitrogen and oxygen atoms in total. The smallest absolute Gasteiger partial charge is 0.406 e. The molecule has 0 aromatic heterocycles. The van der Waals surface area contributed by atoms with Crippen molar-refractivity contribution in [1.29, 1.82) is 0 Å². The molecule has 1 aliphatic rings. The fraction of sp³-hybridized carbons (Fsp3) is 0.500. The van der Waals surface area contributed by atoms with Crippen LogP contribution in [-0.4, -0.2) is 65.1 Å². The van der Waals surface area contributed by atoms with Crippen LogP contribution in [0.2, 0.25) is 5.02 Å². The van der Waals surface area contributed by atoms with E-state index in [9.17, 15) is 9.59 Å². The zero-order valence-electron chi connectivity index (χ0n) is 21.8. The number of hydrogen-bond acceptors (Lipinski definition) is 6. The number of halogens is 1. The van der Waals surface area contributed by atoms with Crippen molar-refractivity contribution in [3.63, 3.8) is 0 Å². The fourth-order valence-corrected chi connectivity index (χ4v) is 4.70. The first-order valence-corrected chi connectivity index (χ1v) is 13.1. The Labute approximate surface area is 224 Å². The number of nitrogens with one attached hydrogen (secondary N) is 3. The molecule has 0 aliphatic carbocycles. The minimum absolute atomic E-state index is 0.143. The summed E-state index contributed by atoms with van der Waals surface area (Å²) >= 11 is 6.30. The van der Waals surface area contributed by atoms with Crippen molar-refractivity contribution in [3.05, 3.63) is 69.7 Å². The molecule has 1 unspecified atom stereocenters. The summed E-state index contributed by atoms with van der Waals surface area (Å²) in [5, 5.41) is 9.60. The van der Waals surface area contributed by atoms with Crippen LogP contribution in [0.5, 0.6) is 0 Å². The highest BCUT2D eigenvalue weighted by Crippen LogP contribution is 2.31. The van der Waals surface area contributed by atoms with E-state index >= 15 is 0 Å². The van der Waals surface area contributed by atoms with Crippen LogP contribution < -0.4 is 16.0 Å². The number of alkyl carbamates (subject to hydrolysis) is 1. The maximum Gasteiger partial charge on any atom is 0.406 e. The number of carbonyl (C=O) groups excluding carboxylic acids is 2. The van der Waals surface area contributed by atoms with Gasteiger partial charge in [-0.05, 0) is 80.1 Å². The van der Waals surface area contributed by atoms with Crippen molar-refractivity contribution in [2.75, 3.05) is 47.1 Å². The second-order valence-corrected chi connectivity index (χ2v) is 9.75. The number of benzene rings is 2. The van der Waals surface area contributed by atoms with Gasteiger partial charge in [-0.15, -0.1) is 0 Å². The molecule has 2 aromatic carbocycles. The van der Waals surface area contributed by atoms with E-state index in [0.717, 1.165) is 49.2 Å². The van der Waals surface area contributed by atoms with Crippen molar-refractivity contribution in [2.45, 2.75) is 38.3 Å². The van der Waals surface area contributed by atoms with Crippen LogP contribution in [-0.2, 0) is 14.2 Å². The molecule has 1 saturated heterocycles. The number of rotatable bonds is 12. The average Bonchev–Trinajstić information content (AvgIpc) is 2.92. The van der Waals surface area contributed by atoms with Gasteiger partial charge in [0.2, 0.25) is 0 Å².